The Morgan fingerprint density at radius 1 is 1.00 bits per heavy atom. The number of benzene rings is 2. The van der Waals surface area contributed by atoms with Crippen molar-refractivity contribution < 1.29 is 9.59 Å². The highest BCUT2D eigenvalue weighted by atomic mass is 35.5. The first-order chi connectivity index (χ1) is 14.3. The van der Waals surface area contributed by atoms with E-state index in [0.29, 0.717) is 32.3 Å². The summed E-state index contributed by atoms with van der Waals surface area (Å²) in [4.78, 5) is 27.0. The lowest BCUT2D eigenvalue weighted by Gasteiger charge is -2.30. The third-order valence-electron chi connectivity index (χ3n) is 4.49. The van der Waals surface area contributed by atoms with E-state index in [0.717, 1.165) is 11.1 Å². The third-order valence-corrected chi connectivity index (χ3v) is 6.63. The van der Waals surface area contributed by atoms with Crippen LogP contribution in [0.4, 0.5) is 0 Å². The maximum absolute atomic E-state index is 13.1. The summed E-state index contributed by atoms with van der Waals surface area (Å²) in [6.07, 6.45) is 0.476. The van der Waals surface area contributed by atoms with Crippen molar-refractivity contribution in [2.75, 3.05) is 12.8 Å². The molecule has 0 aromatic heterocycles. The maximum atomic E-state index is 13.1. The van der Waals surface area contributed by atoms with E-state index in [2.05, 4.69) is 5.32 Å². The Balaban J connectivity index is 2.15. The number of carbonyl (C=O) groups excluding carboxylic acids is 2. The van der Waals surface area contributed by atoms with Crippen LogP contribution in [0.1, 0.15) is 24.5 Å². The molecular weight excluding hydrogens is 486 g/mol. The summed E-state index contributed by atoms with van der Waals surface area (Å²) in [7, 11) is 1.56. The molecule has 30 heavy (non-hydrogen) atoms. The van der Waals surface area contributed by atoms with Gasteiger partial charge in [-0.25, -0.2) is 0 Å². The van der Waals surface area contributed by atoms with Gasteiger partial charge in [-0.15, -0.1) is 11.8 Å². The summed E-state index contributed by atoms with van der Waals surface area (Å²) in [5.41, 5.74) is 1.62. The lowest BCUT2D eigenvalue weighted by Crippen LogP contribution is -2.48. The first-order valence-electron chi connectivity index (χ1n) is 9.23. The minimum Gasteiger partial charge on any atom is -0.357 e. The predicted octanol–water partition coefficient (Wildman–Crippen LogP) is 6.09. The van der Waals surface area contributed by atoms with Crippen molar-refractivity contribution in [3.05, 3.63) is 67.6 Å². The van der Waals surface area contributed by atoms with Crippen molar-refractivity contribution in [1.82, 2.24) is 10.2 Å². The van der Waals surface area contributed by atoms with Gasteiger partial charge < -0.3 is 10.2 Å². The zero-order valence-electron chi connectivity index (χ0n) is 16.6. The molecule has 0 fully saturated rings. The molecule has 162 valence electrons. The largest absolute Gasteiger partial charge is 0.357 e. The van der Waals surface area contributed by atoms with Crippen molar-refractivity contribution in [3.8, 4) is 0 Å². The molecule has 1 N–H and O–H groups in total. The van der Waals surface area contributed by atoms with E-state index in [1.54, 1.807) is 42.3 Å². The molecule has 0 spiro atoms. The van der Waals surface area contributed by atoms with Gasteiger partial charge in [0.15, 0.2) is 0 Å². The molecule has 4 nitrogen and oxygen atoms in total. The summed E-state index contributed by atoms with van der Waals surface area (Å²) in [5, 5.41) is 4.71. The number of nitrogens with zero attached hydrogens (tertiary/aromatic N) is 1. The Kier molecular flexibility index (Phi) is 10.1. The van der Waals surface area contributed by atoms with Crippen LogP contribution >= 0.6 is 58.2 Å². The molecule has 2 aromatic rings. The van der Waals surface area contributed by atoms with E-state index < -0.39 is 6.04 Å². The van der Waals surface area contributed by atoms with Crippen LogP contribution in [0.3, 0.4) is 0 Å². The Hall–Kier alpha value is -1.11. The van der Waals surface area contributed by atoms with Gasteiger partial charge in [0.1, 0.15) is 6.04 Å². The normalized spacial score (nSPS) is 11.8. The molecule has 2 rings (SSSR count). The molecule has 1 atom stereocenters. The molecule has 0 radical (unpaired) electrons. The highest BCUT2D eigenvalue weighted by molar-refractivity contribution is 7.99. The fourth-order valence-corrected chi connectivity index (χ4v) is 4.83. The number of rotatable bonds is 9. The lowest BCUT2D eigenvalue weighted by molar-refractivity contribution is -0.139. The molecule has 2 aromatic carbocycles. The second kappa shape index (κ2) is 12.1. The highest BCUT2D eigenvalue weighted by Gasteiger charge is 2.28. The Morgan fingerprint density at radius 3 is 2.07 bits per heavy atom. The first kappa shape index (κ1) is 25.2. The summed E-state index contributed by atoms with van der Waals surface area (Å²) in [5.74, 6) is 0.361. The van der Waals surface area contributed by atoms with Crippen LogP contribution in [0.25, 0.3) is 0 Å². The van der Waals surface area contributed by atoms with E-state index in [4.69, 9.17) is 46.4 Å². The molecule has 2 amide bonds. The topological polar surface area (TPSA) is 49.4 Å². The second-order valence-electron chi connectivity index (χ2n) is 6.52. The van der Waals surface area contributed by atoms with Gasteiger partial charge in [-0.2, -0.15) is 0 Å². The van der Waals surface area contributed by atoms with Crippen LogP contribution in [0.2, 0.25) is 20.1 Å². The average molecular weight is 508 g/mol. The van der Waals surface area contributed by atoms with Crippen LogP contribution in [0, 0.1) is 0 Å². The minimum atomic E-state index is -0.603. The van der Waals surface area contributed by atoms with Gasteiger partial charge in [0, 0.05) is 39.4 Å². The Morgan fingerprint density at radius 2 is 1.57 bits per heavy atom. The number of likely N-dealkylation sites (N-methyl/N-ethyl adjacent to an activating group) is 1. The molecule has 0 unspecified atom stereocenters. The van der Waals surface area contributed by atoms with E-state index in [1.165, 1.54) is 11.8 Å². The number of nitrogens with one attached hydrogen (secondary N) is 1. The van der Waals surface area contributed by atoms with Gasteiger partial charge in [-0.05, 0) is 41.8 Å². The number of carbonyl (C=O) groups is 2. The number of thioether (sulfide) groups is 1. The number of halogens is 4. The van der Waals surface area contributed by atoms with E-state index in [9.17, 15) is 9.59 Å². The van der Waals surface area contributed by atoms with Gasteiger partial charge in [0.25, 0.3) is 0 Å². The zero-order chi connectivity index (χ0) is 22.3. The fraction of sp³-hybridized carbons (Fsp3) is 0.333. The number of hydrogen-bond acceptors (Lipinski definition) is 3. The lowest BCUT2D eigenvalue weighted by atomic mass is 10.1. The smallest absolute Gasteiger partial charge is 0.242 e. The zero-order valence-corrected chi connectivity index (χ0v) is 20.4. The van der Waals surface area contributed by atoms with Gasteiger partial charge in [0.2, 0.25) is 11.8 Å². The second-order valence-corrected chi connectivity index (χ2v) is 9.20. The Bertz CT molecular complexity index is 911. The van der Waals surface area contributed by atoms with Crippen molar-refractivity contribution >= 4 is 70.0 Å². The van der Waals surface area contributed by atoms with Crippen LogP contribution in [-0.4, -0.2) is 35.6 Å². The van der Waals surface area contributed by atoms with Crippen LogP contribution in [0.15, 0.2) is 36.4 Å². The predicted molar refractivity (Wildman–Crippen MR) is 128 cm³/mol. The molecule has 0 bridgehead atoms. The molecule has 0 saturated carbocycles. The van der Waals surface area contributed by atoms with Crippen molar-refractivity contribution in [1.29, 1.82) is 0 Å². The van der Waals surface area contributed by atoms with E-state index in [-0.39, 0.29) is 24.1 Å². The van der Waals surface area contributed by atoms with E-state index >= 15 is 0 Å². The van der Waals surface area contributed by atoms with Gasteiger partial charge in [-0.3, -0.25) is 9.59 Å². The molecule has 0 saturated heterocycles. The van der Waals surface area contributed by atoms with Crippen molar-refractivity contribution in [2.24, 2.45) is 0 Å². The molecule has 9 heteroatoms. The number of amides is 2. The first-order valence-corrected chi connectivity index (χ1v) is 11.9. The van der Waals surface area contributed by atoms with Gasteiger partial charge in [0.05, 0.1) is 5.75 Å². The fourth-order valence-electron chi connectivity index (χ4n) is 2.89. The molecular formula is C21H22Cl4N2O2S. The Labute approximate surface area is 201 Å². The maximum Gasteiger partial charge on any atom is 0.242 e. The quantitative estimate of drug-likeness (QED) is 0.447. The molecule has 0 aliphatic rings. The van der Waals surface area contributed by atoms with Crippen LogP contribution in [-0.2, 0) is 21.9 Å². The van der Waals surface area contributed by atoms with Crippen molar-refractivity contribution in [3.63, 3.8) is 0 Å². The summed E-state index contributed by atoms with van der Waals surface area (Å²) < 4.78 is 0. The number of hydrogen-bond donors (Lipinski definition) is 1. The third kappa shape index (κ3) is 6.96. The van der Waals surface area contributed by atoms with E-state index in [1.807, 2.05) is 13.0 Å². The summed E-state index contributed by atoms with van der Waals surface area (Å²) in [6, 6.07) is 9.78. The van der Waals surface area contributed by atoms with Crippen LogP contribution < -0.4 is 5.32 Å². The average Bonchev–Trinajstić information content (AvgIpc) is 2.70. The monoisotopic (exact) mass is 506 g/mol. The highest BCUT2D eigenvalue weighted by Crippen LogP contribution is 2.26. The van der Waals surface area contributed by atoms with Gasteiger partial charge >= 0.3 is 0 Å². The molecule has 0 aliphatic carbocycles. The minimum absolute atomic E-state index is 0.161. The summed E-state index contributed by atoms with van der Waals surface area (Å²) >= 11 is 25.8. The molecule has 0 heterocycles. The molecule has 0 aliphatic heterocycles. The van der Waals surface area contributed by atoms with Crippen LogP contribution in [0.5, 0.6) is 0 Å². The standard InChI is InChI=1S/C21H22Cl4N2O2S/c1-3-19(21(29)26-2)27(10-13-4-6-15(22)8-17(13)24)20(28)12-30-11-14-5-7-16(23)9-18(14)25/h4-9,19H,3,10-12H2,1-2H3,(H,26,29)/t19-/m1/s1. The van der Waals surface area contributed by atoms with Crippen molar-refractivity contribution in [2.45, 2.75) is 31.7 Å². The van der Waals surface area contributed by atoms with Gasteiger partial charge in [-0.1, -0.05) is 65.5 Å². The summed E-state index contributed by atoms with van der Waals surface area (Å²) in [6.45, 7) is 2.08. The SMILES string of the molecule is CC[C@H](C(=O)NC)N(Cc1ccc(Cl)cc1Cl)C(=O)CSCc1ccc(Cl)cc1Cl.